The quantitative estimate of drug-likeness (QED) is 0.432. The third kappa shape index (κ3) is 2.39. The monoisotopic (exact) mass is 174 g/mol. The Kier molecular flexibility index (Phi) is 4.06. The minimum absolute atomic E-state index is 0. The van der Waals surface area contributed by atoms with Gasteiger partial charge in [0.05, 0.1) is 0 Å². The molecule has 0 bridgehead atoms. The van der Waals surface area contributed by atoms with Crippen LogP contribution in [0.1, 0.15) is 17.3 Å². The molecule has 1 aromatic carbocycles. The number of rotatable bonds is 1. The van der Waals surface area contributed by atoms with Crippen LogP contribution >= 0.6 is 0 Å². The molecule has 1 rings (SSSR count). The number of Topliss-reactive ketones (excluding diaryl/α,β-unsaturated/α-hetero) is 1. The molecule has 0 aromatic heterocycles. The van der Waals surface area contributed by atoms with Crippen LogP contribution in [0.2, 0.25) is 0 Å². The Morgan fingerprint density at radius 2 is 1.83 bits per heavy atom. The first-order chi connectivity index (χ1) is 5.11. The molecular weight excluding hydrogens is 168 g/mol. The van der Waals surface area contributed by atoms with E-state index in [2.05, 4.69) is 0 Å². The Morgan fingerprint density at radius 1 is 1.25 bits per heavy atom. The van der Waals surface area contributed by atoms with E-state index in [1.807, 2.05) is 0 Å². The zero-order chi connectivity index (χ0) is 8.43. The summed E-state index contributed by atoms with van der Waals surface area (Å²) in [5.41, 5.74) is 0.287. The Morgan fingerprint density at radius 3 is 2.25 bits per heavy atom. The predicted molar refractivity (Wildman–Crippen MR) is 41.1 cm³/mol. The smallest absolute Gasteiger partial charge is 0.873 e. The van der Waals surface area contributed by atoms with Crippen molar-refractivity contribution in [3.8, 4) is 11.5 Å². The van der Waals surface area contributed by atoms with E-state index in [9.17, 15) is 15.0 Å². The van der Waals surface area contributed by atoms with E-state index in [-0.39, 0.29) is 34.4 Å². The van der Waals surface area contributed by atoms with E-state index in [4.69, 9.17) is 0 Å². The van der Waals surface area contributed by atoms with Gasteiger partial charge in [-0.15, -0.1) is 11.5 Å². The van der Waals surface area contributed by atoms with Crippen molar-refractivity contribution in [1.82, 2.24) is 0 Å². The molecule has 3 nitrogen and oxygen atoms in total. The third-order valence-corrected chi connectivity index (χ3v) is 1.35. The van der Waals surface area contributed by atoms with Crippen LogP contribution in [0, 0.1) is 0 Å². The third-order valence-electron chi connectivity index (χ3n) is 1.35. The summed E-state index contributed by atoms with van der Waals surface area (Å²) in [6, 6.07) is 3.52. The van der Waals surface area contributed by atoms with E-state index in [0.29, 0.717) is 0 Å². The van der Waals surface area contributed by atoms with Crippen molar-refractivity contribution in [3.63, 3.8) is 0 Å². The van der Waals surface area contributed by atoms with Crippen molar-refractivity contribution in [3.05, 3.63) is 23.8 Å². The molecule has 0 saturated heterocycles. The van der Waals surface area contributed by atoms with Crippen LogP contribution in [0.5, 0.6) is 11.5 Å². The summed E-state index contributed by atoms with van der Waals surface area (Å²) in [7, 11) is 0. The molecule has 0 fully saturated rings. The number of ketones is 1. The maximum absolute atomic E-state index is 10.7. The zero-order valence-corrected chi connectivity index (χ0v) is 8.08. The Balaban J connectivity index is 0.00000121. The van der Waals surface area contributed by atoms with Gasteiger partial charge in [-0.3, -0.25) is 4.79 Å². The first-order valence-corrected chi connectivity index (χ1v) is 3.10. The molecule has 0 aliphatic rings. The van der Waals surface area contributed by atoms with Crippen molar-refractivity contribution >= 4 is 28.8 Å². The summed E-state index contributed by atoms with van der Waals surface area (Å²) in [5, 5.41) is 21.2. The molecule has 58 valence electrons. The molecule has 0 amide bonds. The van der Waals surface area contributed by atoms with Gasteiger partial charge in [0.2, 0.25) is 0 Å². The number of benzene rings is 1. The number of carbonyl (C=O) groups excluding carboxylic acids is 1. The van der Waals surface area contributed by atoms with Gasteiger partial charge in [-0.1, -0.05) is 18.2 Å². The van der Waals surface area contributed by atoms with Crippen molar-refractivity contribution < 1.29 is 15.0 Å². The molecule has 0 aliphatic carbocycles. The van der Waals surface area contributed by atoms with E-state index in [1.54, 1.807) is 0 Å². The van der Waals surface area contributed by atoms with Gasteiger partial charge in [0.25, 0.3) is 0 Å². The van der Waals surface area contributed by atoms with Crippen LogP contribution in [-0.2, 0) is 0 Å². The average molecular weight is 174 g/mol. The van der Waals surface area contributed by atoms with Gasteiger partial charge in [0, 0.05) is 5.56 Å². The van der Waals surface area contributed by atoms with Gasteiger partial charge in [-0.25, -0.2) is 0 Å². The van der Waals surface area contributed by atoms with Crippen LogP contribution in [0.4, 0.5) is 0 Å². The molecule has 0 aliphatic heterocycles. The Hall–Kier alpha value is -0.744. The van der Waals surface area contributed by atoms with Gasteiger partial charge >= 0.3 is 23.1 Å². The van der Waals surface area contributed by atoms with E-state index < -0.39 is 11.5 Å². The van der Waals surface area contributed by atoms with Gasteiger partial charge < -0.3 is 10.2 Å². The second kappa shape index (κ2) is 4.32. The van der Waals surface area contributed by atoms with Crippen LogP contribution in [0.3, 0.4) is 0 Å². The maximum Gasteiger partial charge on any atom is 2.00 e. The minimum atomic E-state index is -0.627. The molecule has 0 unspecified atom stereocenters. The van der Waals surface area contributed by atoms with Crippen LogP contribution in [-0.4, -0.2) is 28.8 Å². The summed E-state index contributed by atoms with van der Waals surface area (Å²) in [6.07, 6.45) is 0. The van der Waals surface area contributed by atoms with Crippen molar-refractivity contribution in [2.24, 2.45) is 0 Å². The molecule has 0 saturated carbocycles. The Bertz CT molecular complexity index is 296. The average Bonchev–Trinajstić information content (AvgIpc) is 1.94. The number of hydrogen-bond donors (Lipinski definition) is 0. The fraction of sp³-hybridized carbons (Fsp3) is 0.125. The van der Waals surface area contributed by atoms with Gasteiger partial charge in [0.15, 0.2) is 5.78 Å². The maximum atomic E-state index is 10.7. The molecule has 1 aromatic rings. The van der Waals surface area contributed by atoms with E-state index in [0.717, 1.165) is 12.1 Å². The van der Waals surface area contributed by atoms with Crippen molar-refractivity contribution in [1.29, 1.82) is 0 Å². The van der Waals surface area contributed by atoms with Crippen molar-refractivity contribution in [2.45, 2.75) is 6.92 Å². The van der Waals surface area contributed by atoms with Crippen LogP contribution in [0.15, 0.2) is 18.2 Å². The molecule has 0 spiro atoms. The molecule has 0 N–H and O–H groups in total. The number of hydrogen-bond acceptors (Lipinski definition) is 3. The summed E-state index contributed by atoms with van der Waals surface area (Å²) in [4.78, 5) is 10.7. The SMILES string of the molecule is CC(=O)c1ccc([O-])c([O-])c1.[Mg+2]. The standard InChI is InChI=1S/C8H8O3.Mg/c1-5(9)6-2-3-7(10)8(11)4-6;/h2-4,10-11H,1H3;/q;+2/p-2. The first-order valence-electron chi connectivity index (χ1n) is 3.10. The summed E-state index contributed by atoms with van der Waals surface area (Å²) in [5.74, 6) is -1.41. The second-order valence-electron chi connectivity index (χ2n) is 2.22. The topological polar surface area (TPSA) is 63.2 Å². The molecular formula is C8H6MgO3. The normalized spacial score (nSPS) is 8.75. The zero-order valence-electron chi connectivity index (χ0n) is 6.66. The molecule has 0 heterocycles. The summed E-state index contributed by atoms with van der Waals surface area (Å²) >= 11 is 0. The van der Waals surface area contributed by atoms with Gasteiger partial charge in [-0.2, -0.15) is 0 Å². The van der Waals surface area contributed by atoms with E-state index >= 15 is 0 Å². The second-order valence-corrected chi connectivity index (χ2v) is 2.22. The Labute approximate surface area is 86.2 Å². The minimum Gasteiger partial charge on any atom is -0.873 e. The van der Waals surface area contributed by atoms with Crippen LogP contribution < -0.4 is 10.2 Å². The fourth-order valence-electron chi connectivity index (χ4n) is 0.727. The first kappa shape index (κ1) is 11.3. The largest absolute Gasteiger partial charge is 2.00 e. The summed E-state index contributed by atoms with van der Waals surface area (Å²) < 4.78 is 0. The van der Waals surface area contributed by atoms with Gasteiger partial charge in [-0.05, 0) is 6.92 Å². The number of carbonyl (C=O) groups is 1. The molecule has 0 atom stereocenters. The van der Waals surface area contributed by atoms with E-state index in [1.165, 1.54) is 13.0 Å². The van der Waals surface area contributed by atoms with Crippen LogP contribution in [0.25, 0.3) is 0 Å². The molecule has 0 radical (unpaired) electrons. The molecule has 12 heavy (non-hydrogen) atoms. The van der Waals surface area contributed by atoms with Crippen molar-refractivity contribution in [2.75, 3.05) is 0 Å². The summed E-state index contributed by atoms with van der Waals surface area (Å²) in [6.45, 7) is 1.35. The van der Waals surface area contributed by atoms with Gasteiger partial charge in [0.1, 0.15) is 0 Å². The fourth-order valence-corrected chi connectivity index (χ4v) is 0.727. The predicted octanol–water partition coefficient (Wildman–Crippen LogP) is -0.344. The molecule has 4 heteroatoms.